The summed E-state index contributed by atoms with van der Waals surface area (Å²) in [4.78, 5) is 19.3. The molecule has 0 radical (unpaired) electrons. The van der Waals surface area contributed by atoms with Crippen molar-refractivity contribution in [2.75, 3.05) is 23.7 Å². The minimum absolute atomic E-state index is 0.00638. The van der Waals surface area contributed by atoms with Gasteiger partial charge in [-0.05, 0) is 31.4 Å². The Kier molecular flexibility index (Phi) is 6.24. The second-order valence-electron chi connectivity index (χ2n) is 5.72. The molecule has 0 bridgehead atoms. The Morgan fingerprint density at radius 2 is 1.96 bits per heavy atom. The second-order valence-corrected chi connectivity index (χ2v) is 7.92. The van der Waals surface area contributed by atoms with Gasteiger partial charge in [-0.15, -0.1) is 11.3 Å². The molecule has 3 heterocycles. The first kappa shape index (κ1) is 19.2. The first-order valence-corrected chi connectivity index (χ1v) is 9.90. The minimum atomic E-state index is -0.621. The van der Waals surface area contributed by atoms with Gasteiger partial charge in [0, 0.05) is 18.0 Å². The molecule has 3 N–H and O–H groups in total. The Hall–Kier alpha value is -1.54. The molecule has 2 aromatic rings. The predicted octanol–water partition coefficient (Wildman–Crippen LogP) is 4.44. The molecule has 0 atom stereocenters. The number of nitrogen functional groups attached to an aromatic ring is 1. The minimum Gasteiger partial charge on any atom is -0.396 e. The van der Waals surface area contributed by atoms with Crippen LogP contribution in [-0.4, -0.2) is 30.2 Å². The van der Waals surface area contributed by atoms with E-state index in [9.17, 15) is 4.79 Å². The Balaban J connectivity index is 1.65. The lowest BCUT2D eigenvalue weighted by Gasteiger charge is -2.27. The highest BCUT2D eigenvalue weighted by Crippen LogP contribution is 2.34. The number of hydrogen-bond donors (Lipinski definition) is 2. The van der Waals surface area contributed by atoms with Crippen LogP contribution in [0.2, 0.25) is 15.2 Å². The number of aromatic nitrogens is 1. The molecule has 3 rings (SSSR count). The largest absolute Gasteiger partial charge is 0.396 e. The molecule has 1 amide bonds. The number of rotatable bonds is 4. The van der Waals surface area contributed by atoms with Crippen LogP contribution < -0.4 is 16.1 Å². The molecule has 1 fully saturated rings. The van der Waals surface area contributed by atoms with Gasteiger partial charge in [-0.2, -0.15) is 5.10 Å². The van der Waals surface area contributed by atoms with E-state index in [1.165, 1.54) is 24.3 Å². The SMILES string of the molecule is Nc1c(Cl)c(Cl)nc(C(=O)N/N=C\c2ccc(N3CCCCC3)s2)c1Cl. The maximum Gasteiger partial charge on any atom is 0.291 e. The fourth-order valence-corrected chi connectivity index (χ4v) is 4.11. The smallest absolute Gasteiger partial charge is 0.291 e. The van der Waals surface area contributed by atoms with Crippen LogP contribution in [0, 0.1) is 0 Å². The number of nitrogens with zero attached hydrogens (tertiary/aromatic N) is 3. The quantitative estimate of drug-likeness (QED) is 0.425. The van der Waals surface area contributed by atoms with Crippen LogP contribution in [0.1, 0.15) is 34.6 Å². The van der Waals surface area contributed by atoms with Crippen LogP contribution in [0.3, 0.4) is 0 Å². The number of thiophene rings is 1. The van der Waals surface area contributed by atoms with E-state index in [1.807, 2.05) is 6.07 Å². The summed E-state index contributed by atoms with van der Waals surface area (Å²) in [5.41, 5.74) is 7.95. The number of carbonyl (C=O) groups excluding carboxylic acids is 1. The maximum atomic E-state index is 12.2. The van der Waals surface area contributed by atoms with Gasteiger partial charge in [-0.1, -0.05) is 34.8 Å². The zero-order valence-corrected chi connectivity index (χ0v) is 16.7. The monoisotopic (exact) mass is 431 g/mol. The number of hydrogen-bond acceptors (Lipinski definition) is 6. The van der Waals surface area contributed by atoms with Crippen LogP contribution in [0.25, 0.3) is 0 Å². The summed E-state index contributed by atoms with van der Waals surface area (Å²) in [7, 11) is 0. The van der Waals surface area contributed by atoms with Crippen molar-refractivity contribution in [1.29, 1.82) is 0 Å². The van der Waals surface area contributed by atoms with E-state index < -0.39 is 5.91 Å². The molecule has 1 saturated heterocycles. The van der Waals surface area contributed by atoms with E-state index >= 15 is 0 Å². The van der Waals surface area contributed by atoms with Crippen LogP contribution in [0.4, 0.5) is 10.7 Å². The summed E-state index contributed by atoms with van der Waals surface area (Å²) in [6, 6.07) is 4.03. The van der Waals surface area contributed by atoms with E-state index in [4.69, 9.17) is 40.5 Å². The number of amides is 1. The third-order valence-corrected chi connectivity index (χ3v) is 6.14. The van der Waals surface area contributed by atoms with Crippen molar-refractivity contribution in [2.24, 2.45) is 5.10 Å². The van der Waals surface area contributed by atoms with Crippen molar-refractivity contribution in [3.05, 3.63) is 37.9 Å². The molecule has 10 heteroatoms. The van der Waals surface area contributed by atoms with E-state index in [0.29, 0.717) is 0 Å². The third kappa shape index (κ3) is 4.23. The Bertz CT molecular complexity index is 849. The molecule has 1 aliphatic rings. The normalized spacial score (nSPS) is 14.8. The van der Waals surface area contributed by atoms with Crippen LogP contribution in [0.5, 0.6) is 0 Å². The molecule has 1 aliphatic heterocycles. The topological polar surface area (TPSA) is 83.6 Å². The highest BCUT2D eigenvalue weighted by Gasteiger charge is 2.19. The number of carbonyl (C=O) groups is 1. The second kappa shape index (κ2) is 8.43. The van der Waals surface area contributed by atoms with Crippen molar-refractivity contribution in [3.8, 4) is 0 Å². The summed E-state index contributed by atoms with van der Waals surface area (Å²) in [6.07, 6.45) is 5.30. The molecule has 0 aromatic carbocycles. The lowest BCUT2D eigenvalue weighted by atomic mass is 10.1. The van der Waals surface area contributed by atoms with Crippen molar-refractivity contribution < 1.29 is 4.79 Å². The number of halogens is 3. The molecule has 138 valence electrons. The van der Waals surface area contributed by atoms with Crippen LogP contribution >= 0.6 is 46.1 Å². The first-order valence-electron chi connectivity index (χ1n) is 7.95. The first-order chi connectivity index (χ1) is 12.5. The molecule has 0 saturated carbocycles. The fraction of sp³-hybridized carbons (Fsp3) is 0.312. The van der Waals surface area contributed by atoms with Gasteiger partial charge >= 0.3 is 0 Å². The van der Waals surface area contributed by atoms with Gasteiger partial charge in [0.15, 0.2) is 10.8 Å². The van der Waals surface area contributed by atoms with Crippen molar-refractivity contribution in [3.63, 3.8) is 0 Å². The van der Waals surface area contributed by atoms with Gasteiger partial charge in [0.1, 0.15) is 5.02 Å². The summed E-state index contributed by atoms with van der Waals surface area (Å²) < 4.78 is 0. The van der Waals surface area contributed by atoms with Gasteiger partial charge in [0.05, 0.1) is 21.9 Å². The molecule has 26 heavy (non-hydrogen) atoms. The Morgan fingerprint density at radius 1 is 1.23 bits per heavy atom. The Labute approximate surface area is 169 Å². The van der Waals surface area contributed by atoms with Gasteiger partial charge in [0.2, 0.25) is 0 Å². The number of nitrogens with two attached hydrogens (primary N) is 1. The van der Waals surface area contributed by atoms with Crippen LogP contribution in [-0.2, 0) is 0 Å². The van der Waals surface area contributed by atoms with Gasteiger partial charge < -0.3 is 10.6 Å². The highest BCUT2D eigenvalue weighted by molar-refractivity contribution is 7.17. The number of anilines is 2. The van der Waals surface area contributed by atoms with Gasteiger partial charge in [-0.25, -0.2) is 10.4 Å². The molecule has 0 spiro atoms. The van der Waals surface area contributed by atoms with Gasteiger partial charge in [-0.3, -0.25) is 4.79 Å². The maximum absolute atomic E-state index is 12.2. The lowest BCUT2D eigenvalue weighted by molar-refractivity contribution is 0.0950. The predicted molar refractivity (Wildman–Crippen MR) is 109 cm³/mol. The van der Waals surface area contributed by atoms with Crippen LogP contribution in [0.15, 0.2) is 17.2 Å². The zero-order valence-electron chi connectivity index (χ0n) is 13.6. The standard InChI is InChI=1S/C16H16Cl3N5OS/c17-11-13(20)12(18)15(19)22-14(11)16(25)23-21-8-9-4-5-10(26-9)24-6-2-1-3-7-24/h4-5,8H,1-3,6-7H2,(H2,20,22)(H,23,25)/b21-8-. The van der Waals surface area contributed by atoms with E-state index in [-0.39, 0.29) is 26.6 Å². The lowest BCUT2D eigenvalue weighted by Crippen LogP contribution is -2.28. The number of hydrazone groups is 1. The molecule has 0 unspecified atom stereocenters. The summed E-state index contributed by atoms with van der Waals surface area (Å²) >= 11 is 19.3. The number of pyridine rings is 1. The van der Waals surface area contributed by atoms with Crippen molar-refractivity contribution in [1.82, 2.24) is 10.4 Å². The average Bonchev–Trinajstić information content (AvgIpc) is 3.12. The number of nitrogens with one attached hydrogen (secondary N) is 1. The molecular formula is C16H16Cl3N5OS. The van der Waals surface area contributed by atoms with Crippen molar-refractivity contribution >= 4 is 68.9 Å². The summed E-state index contributed by atoms with van der Waals surface area (Å²) in [5.74, 6) is -0.621. The zero-order chi connectivity index (χ0) is 18.7. The highest BCUT2D eigenvalue weighted by atomic mass is 35.5. The van der Waals surface area contributed by atoms with Crippen molar-refractivity contribution in [2.45, 2.75) is 19.3 Å². The van der Waals surface area contributed by atoms with Gasteiger partial charge in [0.25, 0.3) is 5.91 Å². The Morgan fingerprint density at radius 3 is 2.69 bits per heavy atom. The third-order valence-electron chi connectivity index (χ3n) is 3.93. The van der Waals surface area contributed by atoms with E-state index in [2.05, 4.69) is 26.5 Å². The van der Waals surface area contributed by atoms with E-state index in [1.54, 1.807) is 17.6 Å². The number of piperidine rings is 1. The molecular weight excluding hydrogens is 417 g/mol. The average molecular weight is 433 g/mol. The fourth-order valence-electron chi connectivity index (χ4n) is 2.59. The molecule has 2 aromatic heterocycles. The summed E-state index contributed by atoms with van der Waals surface area (Å²) in [5, 5.41) is 5.02. The molecule has 0 aliphatic carbocycles. The molecule has 6 nitrogen and oxygen atoms in total. The summed E-state index contributed by atoms with van der Waals surface area (Å²) in [6.45, 7) is 2.16. The van der Waals surface area contributed by atoms with E-state index in [0.717, 1.165) is 18.0 Å².